The molecule has 0 spiro atoms. The number of phenols is 1. The maximum absolute atomic E-state index is 13.2. The minimum Gasteiger partial charge on any atom is -0.506 e. The summed E-state index contributed by atoms with van der Waals surface area (Å²) < 4.78 is 5.17. The van der Waals surface area contributed by atoms with Crippen LogP contribution in [0.1, 0.15) is 21.3 Å². The zero-order valence-electron chi connectivity index (χ0n) is 15.7. The van der Waals surface area contributed by atoms with Gasteiger partial charge in [-0.25, -0.2) is 0 Å². The quantitative estimate of drug-likeness (QED) is 0.550. The van der Waals surface area contributed by atoms with Crippen molar-refractivity contribution >= 4 is 40.3 Å². The minimum absolute atomic E-state index is 0.0416. The molecule has 4 rings (SSSR count). The summed E-state index contributed by atoms with van der Waals surface area (Å²) in [6, 6.07) is 13.6. The van der Waals surface area contributed by atoms with Crippen LogP contribution in [0.25, 0.3) is 0 Å². The van der Waals surface area contributed by atoms with Gasteiger partial charge in [-0.15, -0.1) is 11.3 Å². The summed E-state index contributed by atoms with van der Waals surface area (Å²) in [5.41, 5.74) is 0.904. The van der Waals surface area contributed by atoms with Gasteiger partial charge in [-0.1, -0.05) is 23.7 Å². The number of ether oxygens (including phenoxy) is 1. The monoisotopic (exact) mass is 441 g/mol. The Bertz CT molecular complexity index is 1150. The van der Waals surface area contributed by atoms with Crippen LogP contribution in [0.3, 0.4) is 0 Å². The number of nitrogens with zero attached hydrogens (tertiary/aromatic N) is 1. The Balaban J connectivity index is 1.88. The molecule has 2 aromatic carbocycles. The Morgan fingerprint density at radius 1 is 1.13 bits per heavy atom. The highest BCUT2D eigenvalue weighted by atomic mass is 35.5. The number of carbonyl (C=O) groups is 2. The number of ketones is 1. The number of aromatic hydroxyl groups is 1. The Labute approximate surface area is 181 Å². The van der Waals surface area contributed by atoms with E-state index in [-0.39, 0.29) is 16.3 Å². The fourth-order valence-electron chi connectivity index (χ4n) is 3.40. The molecule has 1 aliphatic rings. The molecule has 1 amide bonds. The van der Waals surface area contributed by atoms with Crippen LogP contribution >= 0.6 is 22.9 Å². The largest absolute Gasteiger partial charge is 0.506 e. The Hall–Kier alpha value is -3.29. The van der Waals surface area contributed by atoms with Crippen molar-refractivity contribution in [2.24, 2.45) is 0 Å². The average Bonchev–Trinajstić information content (AvgIpc) is 3.37. The molecule has 1 aromatic heterocycles. The molecule has 2 heterocycles. The van der Waals surface area contributed by atoms with Gasteiger partial charge in [0.2, 0.25) is 5.78 Å². The number of amides is 1. The van der Waals surface area contributed by atoms with Crippen molar-refractivity contribution in [3.8, 4) is 11.5 Å². The molecule has 0 saturated carbocycles. The van der Waals surface area contributed by atoms with Gasteiger partial charge >= 0.3 is 0 Å². The fourth-order valence-corrected chi connectivity index (χ4v) is 4.26. The molecule has 152 valence electrons. The number of phenolic OH excluding ortho intramolecular Hbond substituents is 1. The zero-order chi connectivity index (χ0) is 21.4. The fraction of sp³-hybridized carbons (Fsp3) is 0.0909. The number of halogens is 1. The van der Waals surface area contributed by atoms with E-state index in [2.05, 4.69) is 0 Å². The molecule has 6 nitrogen and oxygen atoms in total. The maximum Gasteiger partial charge on any atom is 0.294 e. The lowest BCUT2D eigenvalue weighted by Gasteiger charge is -2.27. The third-order valence-corrected chi connectivity index (χ3v) is 6.01. The molecule has 1 atom stereocenters. The van der Waals surface area contributed by atoms with Crippen molar-refractivity contribution in [3.63, 3.8) is 0 Å². The lowest BCUT2D eigenvalue weighted by molar-refractivity contribution is -0.117. The number of aliphatic hydroxyl groups excluding tert-OH is 1. The first kappa shape index (κ1) is 20.0. The smallest absolute Gasteiger partial charge is 0.294 e. The summed E-state index contributed by atoms with van der Waals surface area (Å²) in [4.78, 5) is 28.0. The van der Waals surface area contributed by atoms with Crippen LogP contribution in [0.5, 0.6) is 11.5 Å². The predicted molar refractivity (Wildman–Crippen MR) is 115 cm³/mol. The third kappa shape index (κ3) is 3.32. The molecule has 3 aromatic rings. The van der Waals surface area contributed by atoms with E-state index in [1.165, 1.54) is 35.5 Å². The first-order valence-corrected chi connectivity index (χ1v) is 10.2. The van der Waals surface area contributed by atoms with Crippen LogP contribution in [0, 0.1) is 0 Å². The van der Waals surface area contributed by atoms with Gasteiger partial charge in [-0.3, -0.25) is 14.5 Å². The average molecular weight is 442 g/mol. The standard InChI is InChI=1S/C22H16ClNO5S/c1-29-14-7-5-13(6-8-14)24-19(12-4-9-16(25)15(23)11-12)18(21(27)22(24)28)20(26)17-3-2-10-30-17/h2-11,19,25,27H,1H3. The maximum atomic E-state index is 13.2. The van der Waals surface area contributed by atoms with Crippen LogP contribution in [0.15, 0.2) is 71.3 Å². The molecule has 0 fully saturated rings. The molecular weight excluding hydrogens is 426 g/mol. The Morgan fingerprint density at radius 2 is 1.87 bits per heavy atom. The van der Waals surface area contributed by atoms with E-state index in [0.29, 0.717) is 21.9 Å². The lowest BCUT2D eigenvalue weighted by Crippen LogP contribution is -2.31. The molecule has 0 bridgehead atoms. The third-order valence-electron chi connectivity index (χ3n) is 4.84. The van der Waals surface area contributed by atoms with E-state index < -0.39 is 23.5 Å². The number of aliphatic hydroxyl groups is 1. The summed E-state index contributed by atoms with van der Waals surface area (Å²) in [7, 11) is 1.53. The topological polar surface area (TPSA) is 87.1 Å². The summed E-state index contributed by atoms with van der Waals surface area (Å²) in [5.74, 6) is -1.28. The highest BCUT2D eigenvalue weighted by Crippen LogP contribution is 2.43. The number of rotatable bonds is 5. The van der Waals surface area contributed by atoms with Crippen molar-refractivity contribution in [3.05, 3.63) is 86.8 Å². The normalized spacial score (nSPS) is 16.3. The molecule has 30 heavy (non-hydrogen) atoms. The highest BCUT2D eigenvalue weighted by Gasteiger charge is 2.45. The number of thiophene rings is 1. The van der Waals surface area contributed by atoms with Crippen LogP contribution in [-0.4, -0.2) is 29.0 Å². The number of hydrogen-bond donors (Lipinski definition) is 2. The van der Waals surface area contributed by atoms with Crippen molar-refractivity contribution in [2.75, 3.05) is 12.0 Å². The van der Waals surface area contributed by atoms with Gasteiger partial charge in [0.15, 0.2) is 5.76 Å². The van der Waals surface area contributed by atoms with E-state index in [4.69, 9.17) is 16.3 Å². The molecule has 0 saturated heterocycles. The van der Waals surface area contributed by atoms with Crippen LogP contribution in [-0.2, 0) is 4.79 Å². The van der Waals surface area contributed by atoms with Crippen molar-refractivity contribution in [2.45, 2.75) is 6.04 Å². The Kier molecular flexibility index (Phi) is 5.24. The highest BCUT2D eigenvalue weighted by molar-refractivity contribution is 7.12. The van der Waals surface area contributed by atoms with Gasteiger partial charge in [-0.2, -0.15) is 0 Å². The summed E-state index contributed by atoms with van der Waals surface area (Å²) in [6.45, 7) is 0. The molecule has 1 unspecified atom stereocenters. The predicted octanol–water partition coefficient (Wildman–Crippen LogP) is 4.90. The lowest BCUT2D eigenvalue weighted by atomic mass is 9.95. The van der Waals surface area contributed by atoms with Crippen molar-refractivity contribution < 1.29 is 24.5 Å². The molecule has 0 radical (unpaired) electrons. The van der Waals surface area contributed by atoms with E-state index in [0.717, 1.165) is 0 Å². The second-order valence-corrected chi connectivity index (χ2v) is 7.91. The summed E-state index contributed by atoms with van der Waals surface area (Å²) in [5, 5.41) is 22.3. The second-order valence-electron chi connectivity index (χ2n) is 6.56. The first-order valence-electron chi connectivity index (χ1n) is 8.89. The molecular formula is C22H16ClNO5S. The SMILES string of the molecule is COc1ccc(N2C(=O)C(O)=C(C(=O)c3cccs3)C2c2ccc(O)c(Cl)c2)cc1. The second kappa shape index (κ2) is 7.85. The van der Waals surface area contributed by atoms with Gasteiger partial charge < -0.3 is 14.9 Å². The first-order chi connectivity index (χ1) is 14.4. The van der Waals surface area contributed by atoms with E-state index >= 15 is 0 Å². The molecule has 2 N–H and O–H groups in total. The number of Topliss-reactive ketones (excluding diaryl/α,β-unsaturated/α-hetero) is 1. The zero-order valence-corrected chi connectivity index (χ0v) is 17.3. The van der Waals surface area contributed by atoms with Gasteiger partial charge in [0, 0.05) is 5.69 Å². The summed E-state index contributed by atoms with van der Waals surface area (Å²) in [6.07, 6.45) is 0. The Morgan fingerprint density at radius 3 is 2.47 bits per heavy atom. The van der Waals surface area contributed by atoms with E-state index in [9.17, 15) is 19.8 Å². The van der Waals surface area contributed by atoms with Gasteiger partial charge in [-0.05, 0) is 53.4 Å². The molecule has 8 heteroatoms. The van der Waals surface area contributed by atoms with Crippen molar-refractivity contribution in [1.29, 1.82) is 0 Å². The van der Waals surface area contributed by atoms with Gasteiger partial charge in [0.25, 0.3) is 5.91 Å². The number of methoxy groups -OCH3 is 1. The number of anilines is 1. The minimum atomic E-state index is -0.918. The van der Waals surface area contributed by atoms with Crippen LogP contribution in [0.4, 0.5) is 5.69 Å². The van der Waals surface area contributed by atoms with Crippen LogP contribution in [0.2, 0.25) is 5.02 Å². The van der Waals surface area contributed by atoms with Gasteiger partial charge in [0.1, 0.15) is 11.5 Å². The number of carbonyl (C=O) groups excluding carboxylic acids is 2. The van der Waals surface area contributed by atoms with E-state index in [1.54, 1.807) is 47.8 Å². The van der Waals surface area contributed by atoms with Gasteiger partial charge in [0.05, 0.1) is 28.6 Å². The number of benzene rings is 2. The van der Waals surface area contributed by atoms with Crippen molar-refractivity contribution in [1.82, 2.24) is 0 Å². The van der Waals surface area contributed by atoms with Crippen LogP contribution < -0.4 is 9.64 Å². The summed E-state index contributed by atoms with van der Waals surface area (Å²) >= 11 is 7.31. The number of hydrogen-bond acceptors (Lipinski definition) is 6. The molecule has 0 aliphatic carbocycles. The molecule has 1 aliphatic heterocycles. The van der Waals surface area contributed by atoms with E-state index in [1.807, 2.05) is 0 Å².